The minimum Gasteiger partial charge on any atom is -0.507 e. The number of aryl methyl sites for hydroxylation is 1. The molecule has 0 atom stereocenters. The van der Waals surface area contributed by atoms with Crippen LogP contribution in [0.3, 0.4) is 0 Å². The number of aromatic hydroxyl groups is 1. The van der Waals surface area contributed by atoms with Crippen molar-refractivity contribution in [3.05, 3.63) is 29.3 Å². The van der Waals surface area contributed by atoms with Gasteiger partial charge in [0.05, 0.1) is 0 Å². The lowest BCUT2D eigenvalue weighted by molar-refractivity contribution is -0.124. The van der Waals surface area contributed by atoms with E-state index in [1.807, 2.05) is 0 Å². The molecule has 1 aliphatic rings. The second-order valence-corrected chi connectivity index (χ2v) is 4.44. The Morgan fingerprint density at radius 2 is 2.17 bits per heavy atom. The summed E-state index contributed by atoms with van der Waals surface area (Å²) in [4.78, 5) is 23.0. The molecular weight excluding hydrogens is 234 g/mol. The third kappa shape index (κ3) is 3.23. The van der Waals surface area contributed by atoms with Gasteiger partial charge in [0.2, 0.25) is 0 Å². The molecule has 5 heteroatoms. The number of carbonyl (C=O) groups excluding carboxylic acids is 2. The Balaban J connectivity index is 1.90. The molecule has 1 aliphatic carbocycles. The zero-order valence-electron chi connectivity index (χ0n) is 10.1. The molecule has 96 valence electrons. The molecule has 18 heavy (non-hydrogen) atoms. The highest BCUT2D eigenvalue weighted by Gasteiger charge is 2.24. The van der Waals surface area contributed by atoms with Crippen molar-refractivity contribution in [3.8, 4) is 5.75 Å². The molecule has 0 bridgehead atoms. The minimum atomic E-state index is -0.692. The monoisotopic (exact) mass is 249 g/mol. The number of phenols is 1. The Bertz CT molecular complexity index is 480. The molecule has 1 fully saturated rings. The van der Waals surface area contributed by atoms with E-state index in [9.17, 15) is 14.7 Å². The summed E-state index contributed by atoms with van der Waals surface area (Å²) in [5.41, 5.74) is 0.913. The molecule has 1 aromatic carbocycles. The number of carbonyl (C=O) groups is 2. The van der Waals surface area contributed by atoms with E-state index in [0.29, 0.717) is 0 Å². The first-order valence-electron chi connectivity index (χ1n) is 5.82. The molecule has 0 unspecified atom stereocenters. The summed E-state index contributed by atoms with van der Waals surface area (Å²) >= 11 is 0. The van der Waals surface area contributed by atoms with Crippen LogP contribution in [0.4, 0.5) is 0 Å². The van der Waals surface area contributed by atoms with Crippen LogP contribution in [0.25, 0.3) is 0 Å². The second-order valence-electron chi connectivity index (χ2n) is 4.44. The van der Waals surface area contributed by atoms with Crippen LogP contribution in [0.5, 0.6) is 5.75 Å². The predicted molar refractivity (Wildman–Crippen MR) is 64.3 cm³/mol. The summed E-state index contributed by atoms with van der Waals surface area (Å²) in [5, 5.41) is 12.2. The highest BCUT2D eigenvalue weighted by atomic mass is 16.5. The van der Waals surface area contributed by atoms with E-state index in [4.69, 9.17) is 4.74 Å². The molecule has 0 heterocycles. The van der Waals surface area contributed by atoms with Crippen LogP contribution in [0.2, 0.25) is 0 Å². The maximum absolute atomic E-state index is 11.7. The molecule has 1 saturated carbocycles. The highest BCUT2D eigenvalue weighted by molar-refractivity contribution is 5.94. The molecule has 5 nitrogen and oxygen atoms in total. The maximum atomic E-state index is 11.7. The standard InChI is InChI=1S/C13H15NO4/c1-8-2-5-11(15)10(6-8)13(17)18-7-12(16)14-9-3-4-9/h2,5-6,9,15H,3-4,7H2,1H3,(H,14,16). The van der Waals surface area contributed by atoms with Crippen LogP contribution in [0, 0.1) is 6.92 Å². The van der Waals surface area contributed by atoms with Crippen molar-refractivity contribution in [3.63, 3.8) is 0 Å². The molecule has 1 aromatic rings. The smallest absolute Gasteiger partial charge is 0.342 e. The Kier molecular flexibility index (Phi) is 3.50. The Morgan fingerprint density at radius 1 is 1.44 bits per heavy atom. The summed E-state index contributed by atoms with van der Waals surface area (Å²) < 4.78 is 4.84. The summed E-state index contributed by atoms with van der Waals surface area (Å²) in [6.45, 7) is 1.48. The fourth-order valence-electron chi connectivity index (χ4n) is 1.52. The van der Waals surface area contributed by atoms with Crippen molar-refractivity contribution in [2.45, 2.75) is 25.8 Å². The van der Waals surface area contributed by atoms with Crippen LogP contribution in [-0.2, 0) is 9.53 Å². The Hall–Kier alpha value is -2.04. The third-order valence-corrected chi connectivity index (χ3v) is 2.65. The topological polar surface area (TPSA) is 75.6 Å². The number of rotatable bonds is 4. The number of esters is 1. The molecule has 1 amide bonds. The van der Waals surface area contributed by atoms with Gasteiger partial charge in [-0.1, -0.05) is 11.6 Å². The van der Waals surface area contributed by atoms with Gasteiger partial charge in [-0.15, -0.1) is 0 Å². The van der Waals surface area contributed by atoms with E-state index >= 15 is 0 Å². The van der Waals surface area contributed by atoms with Gasteiger partial charge in [-0.05, 0) is 31.9 Å². The zero-order valence-corrected chi connectivity index (χ0v) is 10.1. The van der Waals surface area contributed by atoms with Gasteiger partial charge in [-0.25, -0.2) is 4.79 Å². The van der Waals surface area contributed by atoms with Gasteiger partial charge < -0.3 is 15.2 Å². The molecular formula is C13H15NO4. The first kappa shape index (κ1) is 12.4. The number of hydrogen-bond donors (Lipinski definition) is 2. The number of amides is 1. The van der Waals surface area contributed by atoms with Crippen LogP contribution in [0.1, 0.15) is 28.8 Å². The van der Waals surface area contributed by atoms with E-state index in [1.54, 1.807) is 13.0 Å². The van der Waals surface area contributed by atoms with Gasteiger partial charge in [0, 0.05) is 6.04 Å². The summed E-state index contributed by atoms with van der Waals surface area (Å²) in [6, 6.07) is 4.88. The average molecular weight is 249 g/mol. The van der Waals surface area contributed by atoms with E-state index < -0.39 is 5.97 Å². The van der Waals surface area contributed by atoms with Crippen molar-refractivity contribution in [1.82, 2.24) is 5.32 Å². The summed E-state index contributed by atoms with van der Waals surface area (Å²) in [6.07, 6.45) is 1.97. The maximum Gasteiger partial charge on any atom is 0.342 e. The van der Waals surface area contributed by atoms with Gasteiger partial charge in [-0.2, -0.15) is 0 Å². The average Bonchev–Trinajstić information content (AvgIpc) is 3.13. The van der Waals surface area contributed by atoms with Gasteiger partial charge in [-0.3, -0.25) is 4.79 Å². The summed E-state index contributed by atoms with van der Waals surface area (Å²) in [5.74, 6) is -1.15. The number of ether oxygens (including phenoxy) is 1. The normalized spacial score (nSPS) is 14.1. The lowest BCUT2D eigenvalue weighted by atomic mass is 10.1. The van der Waals surface area contributed by atoms with Crippen molar-refractivity contribution in [2.24, 2.45) is 0 Å². The molecule has 0 spiro atoms. The van der Waals surface area contributed by atoms with Gasteiger partial charge in [0.25, 0.3) is 5.91 Å². The lowest BCUT2D eigenvalue weighted by Crippen LogP contribution is -2.30. The highest BCUT2D eigenvalue weighted by Crippen LogP contribution is 2.20. The van der Waals surface area contributed by atoms with Gasteiger partial charge >= 0.3 is 5.97 Å². The minimum absolute atomic E-state index is 0.0780. The van der Waals surface area contributed by atoms with Crippen LogP contribution < -0.4 is 5.32 Å². The van der Waals surface area contributed by atoms with E-state index in [1.165, 1.54) is 12.1 Å². The molecule has 0 saturated heterocycles. The van der Waals surface area contributed by atoms with E-state index in [0.717, 1.165) is 18.4 Å². The lowest BCUT2D eigenvalue weighted by Gasteiger charge is -2.07. The molecule has 0 aliphatic heterocycles. The Morgan fingerprint density at radius 3 is 2.83 bits per heavy atom. The Labute approximate surface area is 105 Å². The van der Waals surface area contributed by atoms with Gasteiger partial charge in [0.1, 0.15) is 11.3 Å². The molecule has 0 aromatic heterocycles. The molecule has 2 N–H and O–H groups in total. The van der Waals surface area contributed by atoms with E-state index in [2.05, 4.69) is 5.32 Å². The third-order valence-electron chi connectivity index (χ3n) is 2.65. The van der Waals surface area contributed by atoms with Crippen molar-refractivity contribution in [2.75, 3.05) is 6.61 Å². The van der Waals surface area contributed by atoms with E-state index in [-0.39, 0.29) is 29.9 Å². The van der Waals surface area contributed by atoms with Crippen LogP contribution >= 0.6 is 0 Å². The largest absolute Gasteiger partial charge is 0.507 e. The quantitative estimate of drug-likeness (QED) is 0.784. The van der Waals surface area contributed by atoms with Crippen LogP contribution in [-0.4, -0.2) is 29.6 Å². The van der Waals surface area contributed by atoms with Crippen LogP contribution in [0.15, 0.2) is 18.2 Å². The summed E-state index contributed by atoms with van der Waals surface area (Å²) in [7, 11) is 0. The van der Waals surface area contributed by atoms with Crippen molar-refractivity contribution < 1.29 is 19.4 Å². The second kappa shape index (κ2) is 5.08. The number of phenolic OH excluding ortho intramolecular Hbond substituents is 1. The van der Waals surface area contributed by atoms with Crippen molar-refractivity contribution in [1.29, 1.82) is 0 Å². The predicted octanol–water partition coefficient (Wildman–Crippen LogP) is 1.14. The van der Waals surface area contributed by atoms with Gasteiger partial charge in [0.15, 0.2) is 6.61 Å². The fourth-order valence-corrected chi connectivity index (χ4v) is 1.52. The van der Waals surface area contributed by atoms with Crippen molar-refractivity contribution >= 4 is 11.9 Å². The SMILES string of the molecule is Cc1ccc(O)c(C(=O)OCC(=O)NC2CC2)c1. The zero-order chi connectivity index (χ0) is 13.1. The number of hydrogen-bond acceptors (Lipinski definition) is 4. The first-order chi connectivity index (χ1) is 8.56. The number of benzene rings is 1. The molecule has 0 radical (unpaired) electrons. The first-order valence-corrected chi connectivity index (χ1v) is 5.82. The molecule has 2 rings (SSSR count). The fraction of sp³-hybridized carbons (Fsp3) is 0.385. The number of nitrogens with one attached hydrogen (secondary N) is 1.